The number of H-pyrrole nitrogens is 1. The third-order valence-electron chi connectivity index (χ3n) is 4.15. The molecule has 0 saturated carbocycles. The molecule has 0 atom stereocenters. The van der Waals surface area contributed by atoms with Gasteiger partial charge in [0.1, 0.15) is 0 Å². The predicted molar refractivity (Wildman–Crippen MR) is 83.9 cm³/mol. The van der Waals surface area contributed by atoms with Crippen LogP contribution in [0.4, 0.5) is 0 Å². The molecule has 3 rings (SSSR count). The smallest absolute Gasteiger partial charge is 0.0454 e. The molecule has 1 saturated heterocycles. The van der Waals surface area contributed by atoms with Crippen molar-refractivity contribution >= 4 is 10.9 Å². The van der Waals surface area contributed by atoms with Gasteiger partial charge in [-0.15, -0.1) is 0 Å². The second-order valence-electron chi connectivity index (χ2n) is 5.72. The number of nitrogens with zero attached hydrogens (tertiary/aromatic N) is 2. The first-order valence-corrected chi connectivity index (χ1v) is 7.49. The van der Waals surface area contributed by atoms with Crippen molar-refractivity contribution in [3.8, 4) is 0 Å². The summed E-state index contributed by atoms with van der Waals surface area (Å²) >= 11 is 0. The van der Waals surface area contributed by atoms with Gasteiger partial charge >= 0.3 is 0 Å². The highest BCUT2D eigenvalue weighted by Gasteiger charge is 2.12. The van der Waals surface area contributed by atoms with E-state index in [0.717, 1.165) is 19.6 Å². The minimum atomic E-state index is 0.953. The Morgan fingerprint density at radius 1 is 1.15 bits per heavy atom. The van der Waals surface area contributed by atoms with Crippen LogP contribution in [0.5, 0.6) is 0 Å². The average Bonchev–Trinajstić information content (AvgIpc) is 2.93. The molecule has 1 aliphatic heterocycles. The van der Waals surface area contributed by atoms with E-state index < -0.39 is 0 Å². The van der Waals surface area contributed by atoms with Crippen molar-refractivity contribution in [2.45, 2.75) is 6.54 Å². The highest BCUT2D eigenvalue weighted by Crippen LogP contribution is 2.13. The molecule has 0 bridgehead atoms. The van der Waals surface area contributed by atoms with Gasteiger partial charge in [-0.2, -0.15) is 0 Å². The van der Waals surface area contributed by atoms with Crippen LogP contribution >= 0.6 is 0 Å². The molecule has 0 spiro atoms. The SMILES string of the molecule is CN1CCN(CCNCc2ccc3[nH]ccc3c2)CC1. The van der Waals surface area contributed by atoms with E-state index in [1.165, 1.54) is 42.6 Å². The Bertz CT molecular complexity index is 540. The summed E-state index contributed by atoms with van der Waals surface area (Å²) < 4.78 is 0. The van der Waals surface area contributed by atoms with Crippen molar-refractivity contribution in [3.63, 3.8) is 0 Å². The van der Waals surface area contributed by atoms with E-state index in [2.05, 4.69) is 51.4 Å². The molecule has 0 radical (unpaired) electrons. The maximum Gasteiger partial charge on any atom is 0.0454 e. The fourth-order valence-electron chi connectivity index (χ4n) is 2.75. The van der Waals surface area contributed by atoms with Crippen molar-refractivity contribution in [3.05, 3.63) is 36.0 Å². The number of likely N-dealkylation sites (N-methyl/N-ethyl adjacent to an activating group) is 1. The lowest BCUT2D eigenvalue weighted by Crippen LogP contribution is -2.46. The lowest BCUT2D eigenvalue weighted by molar-refractivity contribution is 0.154. The molecule has 2 N–H and O–H groups in total. The lowest BCUT2D eigenvalue weighted by atomic mass is 10.1. The van der Waals surface area contributed by atoms with Gasteiger partial charge in [0.25, 0.3) is 0 Å². The number of fused-ring (bicyclic) bond motifs is 1. The van der Waals surface area contributed by atoms with E-state index in [1.807, 2.05) is 6.20 Å². The van der Waals surface area contributed by atoms with Gasteiger partial charge in [0.15, 0.2) is 0 Å². The van der Waals surface area contributed by atoms with Crippen molar-refractivity contribution in [1.29, 1.82) is 0 Å². The Balaban J connectivity index is 1.41. The van der Waals surface area contributed by atoms with E-state index in [-0.39, 0.29) is 0 Å². The van der Waals surface area contributed by atoms with Gasteiger partial charge in [-0.3, -0.25) is 4.90 Å². The summed E-state index contributed by atoms with van der Waals surface area (Å²) in [6, 6.07) is 8.74. The summed E-state index contributed by atoms with van der Waals surface area (Å²) in [4.78, 5) is 8.17. The first kappa shape index (κ1) is 13.6. The highest BCUT2D eigenvalue weighted by atomic mass is 15.2. The van der Waals surface area contributed by atoms with Crippen LogP contribution in [-0.2, 0) is 6.54 Å². The van der Waals surface area contributed by atoms with E-state index in [1.54, 1.807) is 0 Å². The normalized spacial score (nSPS) is 17.9. The van der Waals surface area contributed by atoms with Crippen LogP contribution in [0.25, 0.3) is 10.9 Å². The molecular formula is C16H24N4. The van der Waals surface area contributed by atoms with Crippen LogP contribution in [-0.4, -0.2) is 61.1 Å². The number of piperazine rings is 1. The van der Waals surface area contributed by atoms with Gasteiger partial charge in [0, 0.05) is 57.5 Å². The van der Waals surface area contributed by atoms with Crippen LogP contribution in [0.2, 0.25) is 0 Å². The molecule has 108 valence electrons. The van der Waals surface area contributed by atoms with Crippen molar-refractivity contribution in [1.82, 2.24) is 20.1 Å². The molecule has 1 fully saturated rings. The number of benzene rings is 1. The largest absolute Gasteiger partial charge is 0.361 e. The Morgan fingerprint density at radius 2 is 2.00 bits per heavy atom. The summed E-state index contributed by atoms with van der Waals surface area (Å²) in [6.45, 7) is 7.97. The monoisotopic (exact) mass is 272 g/mol. The molecule has 1 aliphatic rings. The van der Waals surface area contributed by atoms with E-state index in [4.69, 9.17) is 0 Å². The zero-order valence-corrected chi connectivity index (χ0v) is 12.2. The first-order valence-electron chi connectivity index (χ1n) is 7.49. The van der Waals surface area contributed by atoms with Crippen molar-refractivity contribution < 1.29 is 0 Å². The van der Waals surface area contributed by atoms with E-state index in [9.17, 15) is 0 Å². The topological polar surface area (TPSA) is 34.3 Å². The van der Waals surface area contributed by atoms with Crippen molar-refractivity contribution in [2.75, 3.05) is 46.3 Å². The molecule has 1 aromatic heterocycles. The van der Waals surface area contributed by atoms with E-state index >= 15 is 0 Å². The number of hydrogen-bond acceptors (Lipinski definition) is 3. The lowest BCUT2D eigenvalue weighted by Gasteiger charge is -2.32. The van der Waals surface area contributed by atoms with Gasteiger partial charge in [0.05, 0.1) is 0 Å². The first-order chi connectivity index (χ1) is 9.81. The predicted octanol–water partition coefficient (Wildman–Crippen LogP) is 1.50. The minimum Gasteiger partial charge on any atom is -0.361 e. The molecule has 0 unspecified atom stereocenters. The van der Waals surface area contributed by atoms with Gasteiger partial charge in [-0.05, 0) is 36.2 Å². The molecule has 0 aliphatic carbocycles. The summed E-state index contributed by atoms with van der Waals surface area (Å²) in [5.41, 5.74) is 2.57. The Morgan fingerprint density at radius 3 is 2.85 bits per heavy atom. The van der Waals surface area contributed by atoms with Crippen molar-refractivity contribution in [2.24, 2.45) is 0 Å². The zero-order chi connectivity index (χ0) is 13.8. The van der Waals surface area contributed by atoms with Crippen LogP contribution in [0.3, 0.4) is 0 Å². The molecule has 4 nitrogen and oxygen atoms in total. The molecule has 2 heterocycles. The minimum absolute atomic E-state index is 0.953. The van der Waals surface area contributed by atoms with Gasteiger partial charge in [0.2, 0.25) is 0 Å². The Hall–Kier alpha value is -1.36. The average molecular weight is 272 g/mol. The van der Waals surface area contributed by atoms with E-state index in [0.29, 0.717) is 0 Å². The molecule has 2 aromatic rings. The quantitative estimate of drug-likeness (QED) is 0.810. The fourth-order valence-corrected chi connectivity index (χ4v) is 2.75. The maximum absolute atomic E-state index is 3.55. The fraction of sp³-hybridized carbons (Fsp3) is 0.500. The third-order valence-corrected chi connectivity index (χ3v) is 4.15. The summed E-state index contributed by atoms with van der Waals surface area (Å²) in [7, 11) is 2.20. The summed E-state index contributed by atoms with van der Waals surface area (Å²) in [6.07, 6.45) is 2.00. The summed E-state index contributed by atoms with van der Waals surface area (Å²) in [5.74, 6) is 0. The van der Waals surface area contributed by atoms with Gasteiger partial charge in [-0.1, -0.05) is 6.07 Å². The van der Waals surface area contributed by atoms with Crippen LogP contribution in [0, 0.1) is 0 Å². The number of aromatic amines is 1. The molecule has 1 aromatic carbocycles. The molecular weight excluding hydrogens is 248 g/mol. The third kappa shape index (κ3) is 3.39. The standard InChI is InChI=1S/C16H24N4/c1-19-8-10-20(11-9-19)7-6-17-13-14-2-3-16-15(12-14)4-5-18-16/h2-5,12,17-18H,6-11,13H2,1H3. The number of nitrogens with one attached hydrogen (secondary N) is 2. The molecule has 20 heavy (non-hydrogen) atoms. The van der Waals surface area contributed by atoms with Gasteiger partial charge < -0.3 is 15.2 Å². The Labute approximate surface area is 120 Å². The number of aromatic nitrogens is 1. The zero-order valence-electron chi connectivity index (χ0n) is 12.2. The number of rotatable bonds is 5. The number of hydrogen-bond donors (Lipinski definition) is 2. The Kier molecular flexibility index (Phi) is 4.35. The highest BCUT2D eigenvalue weighted by molar-refractivity contribution is 5.79. The van der Waals surface area contributed by atoms with Crippen LogP contribution < -0.4 is 5.32 Å². The second kappa shape index (κ2) is 6.39. The summed E-state index contributed by atoms with van der Waals surface area (Å²) in [5, 5.41) is 4.85. The molecule has 0 amide bonds. The second-order valence-corrected chi connectivity index (χ2v) is 5.72. The van der Waals surface area contributed by atoms with Crippen LogP contribution in [0.15, 0.2) is 30.5 Å². The maximum atomic E-state index is 3.55. The molecule has 4 heteroatoms. The van der Waals surface area contributed by atoms with Gasteiger partial charge in [-0.25, -0.2) is 0 Å². The van der Waals surface area contributed by atoms with Crippen LogP contribution in [0.1, 0.15) is 5.56 Å².